The van der Waals surface area contributed by atoms with Crippen molar-refractivity contribution in [2.45, 2.75) is 24.8 Å². The van der Waals surface area contributed by atoms with Crippen LogP contribution in [0.25, 0.3) is 0 Å². The summed E-state index contributed by atoms with van der Waals surface area (Å²) in [6.07, 6.45) is 5.01. The Labute approximate surface area is 85.4 Å². The van der Waals surface area contributed by atoms with Gasteiger partial charge in [-0.2, -0.15) is 0 Å². The standard InChI is InChI=1S/C8H12IN3/c9-6-4-12-7(10)3-8(6,11)5-1-2-5/h4-5H,1-3,11H2,(H2,10,12). The van der Waals surface area contributed by atoms with Crippen molar-refractivity contribution < 1.29 is 0 Å². The van der Waals surface area contributed by atoms with Gasteiger partial charge in [0.1, 0.15) is 5.84 Å². The lowest BCUT2D eigenvalue weighted by molar-refractivity contribution is 0.470. The first kappa shape index (κ1) is 8.50. The van der Waals surface area contributed by atoms with Crippen LogP contribution in [0.5, 0.6) is 0 Å². The maximum absolute atomic E-state index is 6.26. The predicted molar refractivity (Wildman–Crippen MR) is 58.0 cm³/mol. The van der Waals surface area contributed by atoms with Crippen molar-refractivity contribution in [1.29, 1.82) is 0 Å². The van der Waals surface area contributed by atoms with Gasteiger partial charge in [-0.05, 0) is 41.4 Å². The molecule has 2 aliphatic rings. The van der Waals surface area contributed by atoms with Gasteiger partial charge in [-0.1, -0.05) is 0 Å². The van der Waals surface area contributed by atoms with Gasteiger partial charge in [0.2, 0.25) is 0 Å². The molecule has 0 aromatic heterocycles. The van der Waals surface area contributed by atoms with E-state index in [1.165, 1.54) is 12.8 Å². The fraction of sp³-hybridized carbons (Fsp3) is 0.625. The highest BCUT2D eigenvalue weighted by Crippen LogP contribution is 2.46. The van der Waals surface area contributed by atoms with Gasteiger partial charge >= 0.3 is 0 Å². The zero-order chi connectivity index (χ0) is 8.77. The normalized spacial score (nSPS) is 35.8. The van der Waals surface area contributed by atoms with E-state index in [0.717, 1.165) is 10.0 Å². The van der Waals surface area contributed by atoms with Crippen LogP contribution in [0.2, 0.25) is 0 Å². The third-order valence-electron chi connectivity index (χ3n) is 2.57. The summed E-state index contributed by atoms with van der Waals surface area (Å²) in [6, 6.07) is 0. The van der Waals surface area contributed by atoms with Crippen LogP contribution in [0.4, 0.5) is 0 Å². The molecule has 1 heterocycles. The van der Waals surface area contributed by atoms with Crippen LogP contribution in [0, 0.1) is 5.92 Å². The average molecular weight is 277 g/mol. The van der Waals surface area contributed by atoms with Gasteiger partial charge in [-0.25, -0.2) is 4.99 Å². The molecule has 0 radical (unpaired) electrons. The first-order chi connectivity index (χ1) is 5.63. The van der Waals surface area contributed by atoms with Crippen LogP contribution in [-0.2, 0) is 0 Å². The van der Waals surface area contributed by atoms with Crippen LogP contribution < -0.4 is 11.5 Å². The molecule has 0 saturated heterocycles. The van der Waals surface area contributed by atoms with Crippen molar-refractivity contribution in [3.05, 3.63) is 9.78 Å². The van der Waals surface area contributed by atoms with Gasteiger partial charge in [-0.3, -0.25) is 0 Å². The Morgan fingerprint density at radius 1 is 1.58 bits per heavy atom. The number of nitrogens with two attached hydrogens (primary N) is 2. The van der Waals surface area contributed by atoms with E-state index in [4.69, 9.17) is 11.5 Å². The molecule has 1 aliphatic carbocycles. The smallest absolute Gasteiger partial charge is 0.101 e. The van der Waals surface area contributed by atoms with Crippen LogP contribution >= 0.6 is 22.6 Å². The third kappa shape index (κ3) is 1.26. The SMILES string of the molecule is NC1=NC=C(I)C(N)(C2CC2)C1. The molecule has 2 rings (SSSR count). The number of rotatable bonds is 1. The van der Waals surface area contributed by atoms with Crippen molar-refractivity contribution in [1.82, 2.24) is 0 Å². The first-order valence-corrected chi connectivity index (χ1v) is 5.18. The minimum atomic E-state index is -0.188. The van der Waals surface area contributed by atoms with Crippen molar-refractivity contribution in [3.63, 3.8) is 0 Å². The Morgan fingerprint density at radius 2 is 2.25 bits per heavy atom. The molecule has 1 atom stereocenters. The fourth-order valence-corrected chi connectivity index (χ4v) is 2.40. The minimum absolute atomic E-state index is 0.188. The Kier molecular flexibility index (Phi) is 1.91. The maximum Gasteiger partial charge on any atom is 0.101 e. The van der Waals surface area contributed by atoms with Gasteiger partial charge in [0.15, 0.2) is 0 Å². The molecule has 66 valence electrons. The van der Waals surface area contributed by atoms with E-state index in [2.05, 4.69) is 27.6 Å². The van der Waals surface area contributed by atoms with Crippen molar-refractivity contribution in [2.75, 3.05) is 0 Å². The summed E-state index contributed by atoms with van der Waals surface area (Å²) in [5, 5.41) is 0. The molecule has 1 fully saturated rings. The zero-order valence-electron chi connectivity index (χ0n) is 6.76. The third-order valence-corrected chi connectivity index (χ3v) is 3.85. The van der Waals surface area contributed by atoms with E-state index in [1.54, 1.807) is 6.20 Å². The average Bonchev–Trinajstić information content (AvgIpc) is 2.79. The van der Waals surface area contributed by atoms with Crippen LogP contribution in [0.1, 0.15) is 19.3 Å². The lowest BCUT2D eigenvalue weighted by Gasteiger charge is -2.31. The van der Waals surface area contributed by atoms with E-state index in [1.807, 2.05) is 0 Å². The molecule has 12 heavy (non-hydrogen) atoms. The summed E-state index contributed by atoms with van der Waals surface area (Å²) in [5.74, 6) is 1.31. The van der Waals surface area contributed by atoms with E-state index in [-0.39, 0.29) is 5.54 Å². The minimum Gasteiger partial charge on any atom is -0.387 e. The van der Waals surface area contributed by atoms with Crippen molar-refractivity contribution >= 4 is 28.4 Å². The van der Waals surface area contributed by atoms with Gasteiger partial charge < -0.3 is 11.5 Å². The van der Waals surface area contributed by atoms with Crippen molar-refractivity contribution in [3.8, 4) is 0 Å². The number of aliphatic imine (C=N–C) groups is 1. The highest BCUT2D eigenvalue weighted by Gasteiger charge is 2.45. The lowest BCUT2D eigenvalue weighted by Crippen LogP contribution is -2.47. The van der Waals surface area contributed by atoms with Gasteiger partial charge in [0.25, 0.3) is 0 Å². The summed E-state index contributed by atoms with van der Waals surface area (Å²) >= 11 is 2.27. The highest BCUT2D eigenvalue weighted by atomic mass is 127. The quantitative estimate of drug-likeness (QED) is 0.706. The Bertz CT molecular complexity index is 267. The van der Waals surface area contributed by atoms with E-state index >= 15 is 0 Å². The zero-order valence-corrected chi connectivity index (χ0v) is 8.91. The summed E-state index contributed by atoms with van der Waals surface area (Å²) in [4.78, 5) is 4.06. The molecule has 1 unspecified atom stereocenters. The summed E-state index contributed by atoms with van der Waals surface area (Å²) < 4.78 is 1.15. The molecule has 0 spiro atoms. The topological polar surface area (TPSA) is 64.4 Å². The summed E-state index contributed by atoms with van der Waals surface area (Å²) in [7, 11) is 0. The number of amidine groups is 1. The second-order valence-electron chi connectivity index (χ2n) is 3.59. The van der Waals surface area contributed by atoms with Crippen LogP contribution in [0.15, 0.2) is 14.8 Å². The van der Waals surface area contributed by atoms with Crippen LogP contribution in [-0.4, -0.2) is 11.4 Å². The molecule has 4 N–H and O–H groups in total. The fourth-order valence-electron chi connectivity index (χ4n) is 1.63. The predicted octanol–water partition coefficient (Wildman–Crippen LogP) is 1.13. The van der Waals surface area contributed by atoms with Gasteiger partial charge in [0.05, 0.1) is 5.54 Å². The number of halogens is 1. The van der Waals surface area contributed by atoms with E-state index < -0.39 is 0 Å². The van der Waals surface area contributed by atoms with Crippen molar-refractivity contribution in [2.24, 2.45) is 22.4 Å². The molecular formula is C8H12IN3. The molecule has 0 aromatic carbocycles. The molecule has 0 bridgehead atoms. The van der Waals surface area contributed by atoms with Crippen LogP contribution in [0.3, 0.4) is 0 Å². The largest absolute Gasteiger partial charge is 0.387 e. The molecule has 1 aliphatic heterocycles. The van der Waals surface area contributed by atoms with Gasteiger partial charge in [-0.15, -0.1) is 0 Å². The number of hydrogen-bond acceptors (Lipinski definition) is 3. The Morgan fingerprint density at radius 3 is 2.83 bits per heavy atom. The summed E-state index contributed by atoms with van der Waals surface area (Å²) in [5.41, 5.74) is 11.7. The second-order valence-corrected chi connectivity index (χ2v) is 4.75. The lowest BCUT2D eigenvalue weighted by atomic mass is 9.89. The second kappa shape index (κ2) is 2.70. The number of hydrogen-bond donors (Lipinski definition) is 2. The van der Waals surface area contributed by atoms with Gasteiger partial charge in [0, 0.05) is 16.2 Å². The monoisotopic (exact) mass is 277 g/mol. The molecule has 4 heteroatoms. The summed E-state index contributed by atoms with van der Waals surface area (Å²) in [6.45, 7) is 0. The molecule has 1 saturated carbocycles. The molecule has 0 aromatic rings. The maximum atomic E-state index is 6.26. The van der Waals surface area contributed by atoms with E-state index in [0.29, 0.717) is 11.8 Å². The molecule has 0 amide bonds. The Balaban J connectivity index is 2.27. The number of nitrogens with zero attached hydrogens (tertiary/aromatic N) is 1. The highest BCUT2D eigenvalue weighted by molar-refractivity contribution is 14.1. The molecule has 3 nitrogen and oxygen atoms in total. The first-order valence-electron chi connectivity index (χ1n) is 4.10. The Hall–Kier alpha value is -0.100. The van der Waals surface area contributed by atoms with E-state index in [9.17, 15) is 0 Å². The molecular weight excluding hydrogens is 265 g/mol.